The lowest BCUT2D eigenvalue weighted by atomic mass is 10.2. The topological polar surface area (TPSA) is 0 Å². The van der Waals surface area contributed by atoms with Crippen molar-refractivity contribution in [3.63, 3.8) is 0 Å². The van der Waals surface area contributed by atoms with Crippen LogP contribution in [0, 0.1) is 6.42 Å². The summed E-state index contributed by atoms with van der Waals surface area (Å²) in [6, 6.07) is 0. The monoisotopic (exact) mass is 171 g/mol. The summed E-state index contributed by atoms with van der Waals surface area (Å²) in [5.41, 5.74) is 0. The van der Waals surface area contributed by atoms with E-state index in [1.807, 2.05) is 23.5 Å². The first-order chi connectivity index (χ1) is 4.83. The van der Waals surface area contributed by atoms with E-state index in [1.165, 1.54) is 0 Å². The van der Waals surface area contributed by atoms with Crippen LogP contribution in [0.4, 0.5) is 0 Å². The lowest BCUT2D eigenvalue weighted by molar-refractivity contribution is 1.28. The molecule has 0 aromatic carbocycles. The molecule has 0 bridgehead atoms. The first kappa shape index (κ1) is 8.28. The molecule has 0 spiro atoms. The zero-order valence-corrected chi connectivity index (χ0v) is 7.84. The van der Waals surface area contributed by atoms with Gasteiger partial charge in [-0.2, -0.15) is 0 Å². The van der Waals surface area contributed by atoms with Crippen LogP contribution < -0.4 is 0 Å². The molecule has 10 heavy (non-hydrogen) atoms. The maximum absolute atomic E-state index is 2.22. The Kier molecular flexibility index (Phi) is 2.93. The second-order valence-electron chi connectivity index (χ2n) is 2.04. The zero-order chi connectivity index (χ0) is 7.45. The van der Waals surface area contributed by atoms with E-state index in [4.69, 9.17) is 0 Å². The molecule has 0 amide bonds. The van der Waals surface area contributed by atoms with E-state index in [-0.39, 0.29) is 4.08 Å². The van der Waals surface area contributed by atoms with Gasteiger partial charge in [-0.1, -0.05) is 24.3 Å². The Bertz CT molecular complexity index is 141. The van der Waals surface area contributed by atoms with Crippen LogP contribution in [-0.2, 0) is 0 Å². The van der Waals surface area contributed by atoms with E-state index in [9.17, 15) is 0 Å². The number of hydrogen-bond acceptors (Lipinski definition) is 2. The Morgan fingerprint density at radius 1 is 1.00 bits per heavy atom. The van der Waals surface area contributed by atoms with Crippen LogP contribution in [0.3, 0.4) is 0 Å². The predicted octanol–water partition coefficient (Wildman–Crippen LogP) is 2.74. The van der Waals surface area contributed by atoms with E-state index < -0.39 is 0 Å². The summed E-state index contributed by atoms with van der Waals surface area (Å²) < 4.78 is 0.203. The zero-order valence-electron chi connectivity index (χ0n) is 6.20. The molecule has 0 aliphatic heterocycles. The molecule has 0 unspecified atom stereocenters. The van der Waals surface area contributed by atoms with Crippen LogP contribution in [0.5, 0.6) is 0 Å². The van der Waals surface area contributed by atoms with Crippen molar-refractivity contribution >= 4 is 23.5 Å². The maximum atomic E-state index is 2.22. The molecule has 1 rings (SSSR count). The second-order valence-corrected chi connectivity index (χ2v) is 4.47. The highest BCUT2D eigenvalue weighted by Crippen LogP contribution is 2.38. The summed E-state index contributed by atoms with van der Waals surface area (Å²) in [7, 11) is 0. The molecule has 0 saturated heterocycles. The fourth-order valence-electron chi connectivity index (χ4n) is 0.855. The molecular formula is C8H11S2. The Morgan fingerprint density at radius 3 is 1.80 bits per heavy atom. The van der Waals surface area contributed by atoms with Gasteiger partial charge in [-0.3, -0.25) is 0 Å². The van der Waals surface area contributed by atoms with Gasteiger partial charge >= 0.3 is 0 Å². The van der Waals surface area contributed by atoms with Gasteiger partial charge in [0, 0.05) is 6.42 Å². The summed E-state index contributed by atoms with van der Waals surface area (Å²) >= 11 is 3.73. The Morgan fingerprint density at radius 2 is 1.50 bits per heavy atom. The van der Waals surface area contributed by atoms with Crippen molar-refractivity contribution in [2.24, 2.45) is 0 Å². The van der Waals surface area contributed by atoms with E-state index >= 15 is 0 Å². The standard InChI is InChI=1S/C8H11S2/c1-9-8(10-2)6-4-3-5-7-8/h3-7H,1-2H3. The number of rotatable bonds is 2. The number of hydrogen-bond donors (Lipinski definition) is 0. The third-order valence-corrected chi connectivity index (χ3v) is 4.34. The molecule has 0 nitrogen and oxygen atoms in total. The van der Waals surface area contributed by atoms with E-state index in [2.05, 4.69) is 43.2 Å². The van der Waals surface area contributed by atoms with Crippen molar-refractivity contribution in [1.29, 1.82) is 0 Å². The molecule has 1 radical (unpaired) electrons. The summed E-state index contributed by atoms with van der Waals surface area (Å²) in [5, 5.41) is 0. The molecule has 0 aromatic rings. The average molecular weight is 171 g/mol. The van der Waals surface area contributed by atoms with Gasteiger partial charge in [0.2, 0.25) is 0 Å². The third kappa shape index (κ3) is 1.61. The van der Waals surface area contributed by atoms with Crippen molar-refractivity contribution in [2.45, 2.75) is 4.08 Å². The van der Waals surface area contributed by atoms with Crippen LogP contribution in [0.1, 0.15) is 0 Å². The quantitative estimate of drug-likeness (QED) is 0.586. The van der Waals surface area contributed by atoms with Crippen molar-refractivity contribution < 1.29 is 0 Å². The molecule has 0 saturated carbocycles. The molecule has 1 aliphatic carbocycles. The molecular weight excluding hydrogens is 160 g/mol. The predicted molar refractivity (Wildman–Crippen MR) is 52.3 cm³/mol. The van der Waals surface area contributed by atoms with E-state index in [0.29, 0.717) is 0 Å². The lowest BCUT2D eigenvalue weighted by Gasteiger charge is -2.24. The lowest BCUT2D eigenvalue weighted by Crippen LogP contribution is -2.13. The normalized spacial score (nSPS) is 21.4. The molecule has 0 N–H and O–H groups in total. The molecule has 0 fully saturated rings. The molecule has 0 heterocycles. The minimum absolute atomic E-state index is 0.203. The SMILES string of the molecule is CSC1(SC)C=C[CH]C=C1. The smallest absolute Gasteiger partial charge is 0.0968 e. The van der Waals surface area contributed by atoms with Gasteiger partial charge in [-0.05, 0) is 12.5 Å². The molecule has 0 aromatic heterocycles. The first-order valence-electron chi connectivity index (χ1n) is 3.14. The van der Waals surface area contributed by atoms with Gasteiger partial charge < -0.3 is 0 Å². The summed E-state index contributed by atoms with van der Waals surface area (Å²) in [6.07, 6.45) is 15.0. The van der Waals surface area contributed by atoms with Crippen LogP contribution in [0.25, 0.3) is 0 Å². The van der Waals surface area contributed by atoms with Crippen molar-refractivity contribution in [1.82, 2.24) is 0 Å². The van der Waals surface area contributed by atoms with E-state index in [0.717, 1.165) is 0 Å². The third-order valence-electron chi connectivity index (χ3n) is 1.52. The number of allylic oxidation sites excluding steroid dienone is 2. The summed E-state index contributed by atoms with van der Waals surface area (Å²) in [4.78, 5) is 0. The Hall–Kier alpha value is 0.180. The first-order valence-corrected chi connectivity index (χ1v) is 5.58. The van der Waals surface area contributed by atoms with Gasteiger partial charge in [0.15, 0.2) is 0 Å². The Labute approximate surface area is 71.2 Å². The van der Waals surface area contributed by atoms with Gasteiger partial charge in [-0.15, -0.1) is 23.5 Å². The highest BCUT2D eigenvalue weighted by molar-refractivity contribution is 8.18. The van der Waals surface area contributed by atoms with Gasteiger partial charge in [-0.25, -0.2) is 0 Å². The average Bonchev–Trinajstić information content (AvgIpc) is 2.06. The van der Waals surface area contributed by atoms with Crippen LogP contribution in [-0.4, -0.2) is 16.6 Å². The summed E-state index contributed by atoms with van der Waals surface area (Å²) in [6.45, 7) is 0. The second kappa shape index (κ2) is 3.54. The van der Waals surface area contributed by atoms with Gasteiger partial charge in [0.05, 0.1) is 4.08 Å². The highest BCUT2D eigenvalue weighted by atomic mass is 32.2. The van der Waals surface area contributed by atoms with Gasteiger partial charge in [0.25, 0.3) is 0 Å². The molecule has 2 heteroatoms. The highest BCUT2D eigenvalue weighted by Gasteiger charge is 2.21. The molecule has 55 valence electrons. The fraction of sp³-hybridized carbons (Fsp3) is 0.375. The summed E-state index contributed by atoms with van der Waals surface area (Å²) in [5.74, 6) is 0. The maximum Gasteiger partial charge on any atom is 0.0968 e. The Balaban J connectivity index is 2.71. The van der Waals surface area contributed by atoms with Crippen LogP contribution >= 0.6 is 23.5 Å². The van der Waals surface area contributed by atoms with Crippen LogP contribution in [0.15, 0.2) is 24.3 Å². The van der Waals surface area contributed by atoms with Crippen LogP contribution in [0.2, 0.25) is 0 Å². The molecule has 0 atom stereocenters. The molecule has 1 aliphatic rings. The van der Waals surface area contributed by atoms with Crippen molar-refractivity contribution in [3.05, 3.63) is 30.7 Å². The van der Waals surface area contributed by atoms with E-state index in [1.54, 1.807) is 0 Å². The van der Waals surface area contributed by atoms with Gasteiger partial charge in [0.1, 0.15) is 0 Å². The largest absolute Gasteiger partial charge is 0.139 e. The minimum atomic E-state index is 0.203. The van der Waals surface area contributed by atoms with Crippen molar-refractivity contribution in [3.8, 4) is 0 Å². The fourth-order valence-corrected chi connectivity index (χ4v) is 2.38. The number of thioether (sulfide) groups is 2. The minimum Gasteiger partial charge on any atom is -0.139 e. The van der Waals surface area contributed by atoms with Crippen molar-refractivity contribution in [2.75, 3.05) is 12.5 Å².